The molecule has 0 radical (unpaired) electrons. The number of carbonyl (C=O) groups excluding carboxylic acids is 1. The van der Waals surface area contributed by atoms with E-state index in [2.05, 4.69) is 9.97 Å². The third kappa shape index (κ3) is 3.26. The monoisotopic (exact) mass is 438 g/mol. The van der Waals surface area contributed by atoms with Crippen LogP contribution in [0.15, 0.2) is 60.1 Å². The summed E-state index contributed by atoms with van der Waals surface area (Å²) in [6.45, 7) is 0.374. The smallest absolute Gasteiger partial charge is 0.271 e. The van der Waals surface area contributed by atoms with Crippen LogP contribution in [0.3, 0.4) is 0 Å². The van der Waals surface area contributed by atoms with E-state index in [-0.39, 0.29) is 11.7 Å². The summed E-state index contributed by atoms with van der Waals surface area (Å²) < 4.78 is 15.2. The number of hydrogen-bond donors (Lipinski definition) is 1. The molecule has 0 aliphatic heterocycles. The molecule has 8 heteroatoms. The van der Waals surface area contributed by atoms with Crippen LogP contribution in [0, 0.1) is 5.82 Å². The molecule has 0 saturated heterocycles. The zero-order chi connectivity index (χ0) is 20.8. The first-order valence-corrected chi connectivity index (χ1v) is 10.5. The van der Waals surface area contributed by atoms with Gasteiger partial charge in [0.2, 0.25) is 0 Å². The number of thiazole rings is 1. The van der Waals surface area contributed by atoms with Crippen molar-refractivity contribution in [2.24, 2.45) is 0 Å². The van der Waals surface area contributed by atoms with Crippen LogP contribution in [0.2, 0.25) is 5.02 Å². The van der Waals surface area contributed by atoms with Gasteiger partial charge in [0.25, 0.3) is 5.91 Å². The van der Waals surface area contributed by atoms with Gasteiger partial charge in [-0.05, 0) is 30.3 Å². The first kappa shape index (κ1) is 18.8. The molecule has 0 fully saturated rings. The van der Waals surface area contributed by atoms with Crippen LogP contribution in [0.1, 0.15) is 16.2 Å². The van der Waals surface area contributed by atoms with Crippen LogP contribution in [0.4, 0.5) is 4.39 Å². The summed E-state index contributed by atoms with van der Waals surface area (Å²) in [6.07, 6.45) is 1.83. The molecule has 0 aliphatic carbocycles. The van der Waals surface area contributed by atoms with Gasteiger partial charge in [-0.3, -0.25) is 9.20 Å². The number of halogens is 2. The zero-order valence-electron chi connectivity index (χ0n) is 15.9. The Bertz CT molecular complexity index is 1400. The van der Waals surface area contributed by atoms with Crippen LogP contribution in [-0.2, 0) is 6.54 Å². The van der Waals surface area contributed by atoms with Gasteiger partial charge >= 0.3 is 0 Å². The van der Waals surface area contributed by atoms with Crippen molar-refractivity contribution in [1.82, 2.24) is 19.3 Å². The molecule has 0 bridgehead atoms. The first-order chi connectivity index (χ1) is 14.5. The second-order valence-electron chi connectivity index (χ2n) is 7.07. The third-order valence-electron chi connectivity index (χ3n) is 4.97. The lowest BCUT2D eigenvalue weighted by Gasteiger charge is -2.15. The highest BCUT2D eigenvalue weighted by atomic mass is 35.5. The number of nitrogens with zero attached hydrogens (tertiary/aromatic N) is 3. The average molecular weight is 439 g/mol. The van der Waals surface area contributed by atoms with Gasteiger partial charge in [-0.1, -0.05) is 29.8 Å². The Morgan fingerprint density at radius 1 is 1.27 bits per heavy atom. The zero-order valence-corrected chi connectivity index (χ0v) is 17.5. The molecular formula is C22H16ClFN4OS. The van der Waals surface area contributed by atoms with Crippen LogP contribution in [0.5, 0.6) is 0 Å². The predicted octanol–water partition coefficient (Wildman–Crippen LogP) is 5.61. The van der Waals surface area contributed by atoms with Crippen molar-refractivity contribution in [3.8, 4) is 11.3 Å². The molecule has 0 atom stereocenters. The highest BCUT2D eigenvalue weighted by Gasteiger charge is 2.20. The molecule has 5 rings (SSSR count). The third-order valence-corrected chi connectivity index (χ3v) is 6.14. The lowest BCUT2D eigenvalue weighted by molar-refractivity contribution is 0.0777. The van der Waals surface area contributed by atoms with E-state index in [1.807, 2.05) is 36.5 Å². The van der Waals surface area contributed by atoms with Crippen molar-refractivity contribution < 1.29 is 9.18 Å². The highest BCUT2D eigenvalue weighted by Crippen LogP contribution is 2.29. The summed E-state index contributed by atoms with van der Waals surface area (Å²) in [7, 11) is 1.74. The van der Waals surface area contributed by atoms with Gasteiger partial charge in [-0.2, -0.15) is 0 Å². The number of amides is 1. The fourth-order valence-electron chi connectivity index (χ4n) is 3.51. The molecule has 0 aliphatic rings. The van der Waals surface area contributed by atoms with Gasteiger partial charge in [0.1, 0.15) is 11.5 Å². The van der Waals surface area contributed by atoms with Crippen molar-refractivity contribution in [3.63, 3.8) is 0 Å². The van der Waals surface area contributed by atoms with Gasteiger partial charge in [0.05, 0.1) is 17.3 Å². The fraction of sp³-hybridized carbons (Fsp3) is 0.0909. The number of carbonyl (C=O) groups is 1. The van der Waals surface area contributed by atoms with Crippen molar-refractivity contribution in [1.29, 1.82) is 0 Å². The summed E-state index contributed by atoms with van der Waals surface area (Å²) in [6, 6.07) is 13.9. The van der Waals surface area contributed by atoms with Crippen molar-refractivity contribution in [2.75, 3.05) is 7.05 Å². The van der Waals surface area contributed by atoms with E-state index < -0.39 is 0 Å². The molecule has 1 amide bonds. The minimum Gasteiger partial charge on any atom is -0.357 e. The largest absolute Gasteiger partial charge is 0.357 e. The molecule has 5 nitrogen and oxygen atoms in total. The van der Waals surface area contributed by atoms with E-state index >= 15 is 0 Å². The normalized spacial score (nSPS) is 11.4. The molecule has 0 unspecified atom stereocenters. The fourth-order valence-corrected chi connectivity index (χ4v) is 4.59. The Labute approximate surface area is 180 Å². The Kier molecular flexibility index (Phi) is 4.56. The van der Waals surface area contributed by atoms with Gasteiger partial charge < -0.3 is 9.88 Å². The molecule has 0 saturated carbocycles. The lowest BCUT2D eigenvalue weighted by atomic mass is 10.2. The first-order valence-electron chi connectivity index (χ1n) is 9.24. The summed E-state index contributed by atoms with van der Waals surface area (Å²) >= 11 is 7.70. The van der Waals surface area contributed by atoms with E-state index in [0.717, 1.165) is 32.8 Å². The maximum Gasteiger partial charge on any atom is 0.271 e. The van der Waals surface area contributed by atoms with Crippen LogP contribution in [-0.4, -0.2) is 32.2 Å². The number of imidazole rings is 1. The van der Waals surface area contributed by atoms with Gasteiger partial charge in [0.15, 0.2) is 4.96 Å². The van der Waals surface area contributed by atoms with Crippen molar-refractivity contribution >= 4 is 44.7 Å². The van der Waals surface area contributed by atoms with Gasteiger partial charge in [-0.15, -0.1) is 11.3 Å². The molecule has 3 aromatic heterocycles. The second kappa shape index (κ2) is 7.27. The molecule has 30 heavy (non-hydrogen) atoms. The molecule has 0 spiro atoms. The molecule has 5 aromatic rings. The van der Waals surface area contributed by atoms with E-state index in [0.29, 0.717) is 17.3 Å². The number of H-pyrrole nitrogens is 1. The van der Waals surface area contributed by atoms with E-state index in [1.165, 1.54) is 23.5 Å². The van der Waals surface area contributed by atoms with Gasteiger partial charge in [-0.25, -0.2) is 9.37 Å². The number of aromatic amines is 1. The molecular weight excluding hydrogens is 423 g/mol. The molecule has 2 aromatic carbocycles. The Morgan fingerprint density at radius 3 is 2.93 bits per heavy atom. The van der Waals surface area contributed by atoms with Crippen LogP contribution < -0.4 is 0 Å². The highest BCUT2D eigenvalue weighted by molar-refractivity contribution is 7.15. The summed E-state index contributed by atoms with van der Waals surface area (Å²) in [5.41, 5.74) is 3.75. The number of rotatable bonds is 4. The van der Waals surface area contributed by atoms with Crippen molar-refractivity contribution in [2.45, 2.75) is 6.54 Å². The number of nitrogens with one attached hydrogen (secondary N) is 1. The number of benzene rings is 2. The number of hydrogen-bond acceptors (Lipinski definition) is 3. The van der Waals surface area contributed by atoms with Crippen molar-refractivity contribution in [3.05, 3.63) is 82.3 Å². The summed E-state index contributed by atoms with van der Waals surface area (Å²) in [5.74, 6) is -0.415. The minimum atomic E-state index is -0.285. The predicted molar refractivity (Wildman–Crippen MR) is 118 cm³/mol. The van der Waals surface area contributed by atoms with Gasteiger partial charge in [0, 0.05) is 40.8 Å². The average Bonchev–Trinajstić information content (AvgIpc) is 3.41. The van der Waals surface area contributed by atoms with E-state index in [4.69, 9.17) is 11.6 Å². The standard InChI is InChI=1S/C22H16ClFN4OS/c1-27(10-15-9-13-8-14(24)6-7-18(13)25-15)21(29)20-12-30-22-26-19(11-28(20)22)16-4-2-3-5-17(16)23/h2-9,11-12,25H,10H2,1H3. The summed E-state index contributed by atoms with van der Waals surface area (Å²) in [4.78, 5) is 23.3. The second-order valence-corrected chi connectivity index (χ2v) is 8.31. The topological polar surface area (TPSA) is 53.4 Å². The Balaban J connectivity index is 1.42. The SMILES string of the molecule is CN(Cc1cc2cc(F)ccc2[nH]1)C(=O)c1csc2nc(-c3ccccc3Cl)cn12. The van der Waals surface area contributed by atoms with E-state index in [1.54, 1.807) is 27.8 Å². The quantitative estimate of drug-likeness (QED) is 0.396. The molecule has 150 valence electrons. The van der Waals surface area contributed by atoms with Crippen LogP contribution >= 0.6 is 22.9 Å². The molecule has 1 N–H and O–H groups in total. The van der Waals surface area contributed by atoms with Crippen LogP contribution in [0.25, 0.3) is 27.1 Å². The minimum absolute atomic E-state index is 0.130. The maximum atomic E-state index is 13.4. The summed E-state index contributed by atoms with van der Waals surface area (Å²) in [5, 5.41) is 3.20. The Morgan fingerprint density at radius 2 is 2.10 bits per heavy atom. The number of fused-ring (bicyclic) bond motifs is 2. The lowest BCUT2D eigenvalue weighted by Crippen LogP contribution is -2.27. The number of aromatic nitrogens is 3. The maximum absolute atomic E-state index is 13.4. The van der Waals surface area contributed by atoms with E-state index in [9.17, 15) is 9.18 Å². The Hall–Kier alpha value is -3.16. The molecule has 3 heterocycles.